The zero-order valence-electron chi connectivity index (χ0n) is 19.4. The second-order valence-corrected chi connectivity index (χ2v) is 9.84. The Kier molecular flexibility index (Phi) is 7.64. The summed E-state index contributed by atoms with van der Waals surface area (Å²) in [5.74, 6) is -0.527. The van der Waals surface area contributed by atoms with E-state index in [1.165, 1.54) is 0 Å². The van der Waals surface area contributed by atoms with Crippen molar-refractivity contribution in [2.45, 2.75) is 25.2 Å². The van der Waals surface area contributed by atoms with Crippen molar-refractivity contribution >= 4 is 34.8 Å². The number of carbonyl (C=O) groups excluding carboxylic acids is 1. The lowest BCUT2D eigenvalue weighted by Gasteiger charge is -2.45. The second-order valence-electron chi connectivity index (χ2n) is 9.00. The van der Waals surface area contributed by atoms with Crippen molar-refractivity contribution < 1.29 is 15.0 Å². The number of aliphatic hydroxyl groups excluding tert-OH is 1. The molecule has 1 aromatic heterocycles. The number of primary amides is 1. The van der Waals surface area contributed by atoms with Crippen molar-refractivity contribution in [3.05, 3.63) is 93.2 Å². The van der Waals surface area contributed by atoms with E-state index in [1.54, 1.807) is 37.4 Å². The summed E-state index contributed by atoms with van der Waals surface area (Å²) in [4.78, 5) is 20.2. The molecule has 7 nitrogen and oxygen atoms in total. The van der Waals surface area contributed by atoms with Gasteiger partial charge in [0.15, 0.2) is 0 Å². The molecule has 0 spiro atoms. The predicted molar refractivity (Wildman–Crippen MR) is 138 cm³/mol. The highest BCUT2D eigenvalue weighted by atomic mass is 35.5. The van der Waals surface area contributed by atoms with E-state index in [0.29, 0.717) is 53.0 Å². The molecule has 1 fully saturated rings. The van der Waals surface area contributed by atoms with Crippen LogP contribution in [0.25, 0.3) is 0 Å². The number of anilines is 1. The van der Waals surface area contributed by atoms with Gasteiger partial charge in [0.25, 0.3) is 0 Å². The summed E-state index contributed by atoms with van der Waals surface area (Å²) in [6.07, 6.45) is 1.61. The van der Waals surface area contributed by atoms with Gasteiger partial charge in [0.2, 0.25) is 5.91 Å². The van der Waals surface area contributed by atoms with E-state index in [-0.39, 0.29) is 12.6 Å². The minimum absolute atomic E-state index is 0.0661. The highest BCUT2D eigenvalue weighted by Gasteiger charge is 2.34. The largest absolute Gasteiger partial charge is 0.390 e. The van der Waals surface area contributed by atoms with Crippen LogP contribution in [0.5, 0.6) is 0 Å². The fourth-order valence-electron chi connectivity index (χ4n) is 4.50. The minimum atomic E-state index is -1.13. The molecule has 0 unspecified atom stereocenters. The molecule has 1 aliphatic rings. The molecule has 0 radical (unpaired) electrons. The van der Waals surface area contributed by atoms with Crippen molar-refractivity contribution in [1.29, 1.82) is 0 Å². The molecule has 0 aliphatic carbocycles. The van der Waals surface area contributed by atoms with Crippen molar-refractivity contribution in [2.24, 2.45) is 5.73 Å². The lowest BCUT2D eigenvalue weighted by molar-refractivity contribution is 0.00997. The van der Waals surface area contributed by atoms with Crippen LogP contribution >= 0.6 is 23.2 Å². The third-order valence-corrected chi connectivity index (χ3v) is 6.96. The average Bonchev–Trinajstić information content (AvgIpc) is 2.84. The number of rotatable bonds is 7. The Morgan fingerprint density at radius 2 is 1.89 bits per heavy atom. The van der Waals surface area contributed by atoms with Crippen LogP contribution in [0, 0.1) is 0 Å². The van der Waals surface area contributed by atoms with Crippen LogP contribution in [-0.4, -0.2) is 52.2 Å². The fourth-order valence-corrected chi connectivity index (χ4v) is 4.91. The molecule has 0 saturated carbocycles. The smallest absolute Gasteiger partial charge is 0.248 e. The Bertz CT molecular complexity index is 1190. The van der Waals surface area contributed by atoms with Crippen LogP contribution < -0.4 is 10.6 Å². The quantitative estimate of drug-likeness (QED) is 0.443. The number of aliphatic hydroxyl groups is 2. The number of halogens is 2. The standard InChI is InChI=1S/C26H28Cl2N4O3/c1-26(35,19-5-8-21(15-33)30-13-19)16-31-10-11-32(23-9-4-18(25(29)34)12-22(23)28)24(14-31)17-2-6-20(27)7-3-17/h2-9,12-13,24,33,35H,10-11,14-16H2,1H3,(H2,29,34)/t24-,26+/m0/s1. The minimum Gasteiger partial charge on any atom is -0.390 e. The van der Waals surface area contributed by atoms with Crippen molar-refractivity contribution in [2.75, 3.05) is 31.1 Å². The molecule has 35 heavy (non-hydrogen) atoms. The number of hydrogen-bond acceptors (Lipinski definition) is 6. The highest BCUT2D eigenvalue weighted by Crippen LogP contribution is 2.37. The van der Waals surface area contributed by atoms with E-state index in [4.69, 9.17) is 28.9 Å². The van der Waals surface area contributed by atoms with Gasteiger partial charge in [0.05, 0.1) is 29.1 Å². The van der Waals surface area contributed by atoms with E-state index in [0.717, 1.165) is 11.3 Å². The van der Waals surface area contributed by atoms with E-state index < -0.39 is 11.5 Å². The van der Waals surface area contributed by atoms with E-state index in [1.807, 2.05) is 30.3 Å². The van der Waals surface area contributed by atoms with Gasteiger partial charge in [-0.1, -0.05) is 41.4 Å². The Hall–Kier alpha value is -2.68. The number of benzene rings is 2. The van der Waals surface area contributed by atoms with Crippen LogP contribution in [0.15, 0.2) is 60.8 Å². The summed E-state index contributed by atoms with van der Waals surface area (Å²) in [5, 5.41) is 21.6. The van der Waals surface area contributed by atoms with E-state index in [9.17, 15) is 15.0 Å². The highest BCUT2D eigenvalue weighted by molar-refractivity contribution is 6.33. The van der Waals surface area contributed by atoms with Gasteiger partial charge in [-0.3, -0.25) is 14.7 Å². The maximum absolute atomic E-state index is 11.6. The molecular formula is C26H28Cl2N4O3. The van der Waals surface area contributed by atoms with Crippen molar-refractivity contribution in [1.82, 2.24) is 9.88 Å². The van der Waals surface area contributed by atoms with Crippen molar-refractivity contribution in [3.63, 3.8) is 0 Å². The first-order valence-electron chi connectivity index (χ1n) is 11.3. The van der Waals surface area contributed by atoms with Gasteiger partial charge < -0.3 is 20.8 Å². The van der Waals surface area contributed by atoms with Crippen LogP contribution in [-0.2, 0) is 12.2 Å². The van der Waals surface area contributed by atoms with E-state index in [2.05, 4.69) is 14.8 Å². The average molecular weight is 515 g/mol. The summed E-state index contributed by atoms with van der Waals surface area (Å²) in [6.45, 7) is 4.01. The van der Waals surface area contributed by atoms with Crippen molar-refractivity contribution in [3.8, 4) is 0 Å². The molecule has 1 aliphatic heterocycles. The first kappa shape index (κ1) is 25.4. The summed E-state index contributed by atoms with van der Waals surface area (Å²) < 4.78 is 0. The summed E-state index contributed by atoms with van der Waals surface area (Å²) in [5.41, 5.74) is 7.75. The Labute approximate surface area is 214 Å². The third kappa shape index (κ3) is 5.77. The topological polar surface area (TPSA) is 103 Å². The molecule has 2 atom stereocenters. The molecule has 9 heteroatoms. The third-order valence-electron chi connectivity index (χ3n) is 6.40. The Morgan fingerprint density at radius 3 is 2.49 bits per heavy atom. The number of pyridine rings is 1. The molecular weight excluding hydrogens is 487 g/mol. The second kappa shape index (κ2) is 10.5. The number of nitrogens with zero attached hydrogens (tertiary/aromatic N) is 3. The van der Waals surface area contributed by atoms with Crippen LogP contribution in [0.3, 0.4) is 0 Å². The van der Waals surface area contributed by atoms with Gasteiger partial charge in [0, 0.05) is 48.5 Å². The van der Waals surface area contributed by atoms with Crippen LogP contribution in [0.2, 0.25) is 10.0 Å². The maximum atomic E-state index is 11.6. The number of piperazine rings is 1. The van der Waals surface area contributed by atoms with Gasteiger partial charge >= 0.3 is 0 Å². The number of aromatic nitrogens is 1. The molecule has 2 aromatic carbocycles. The molecule has 2 heterocycles. The molecule has 184 valence electrons. The summed E-state index contributed by atoms with van der Waals surface area (Å²) >= 11 is 12.7. The molecule has 4 rings (SSSR count). The summed E-state index contributed by atoms with van der Waals surface area (Å²) in [7, 11) is 0. The molecule has 4 N–H and O–H groups in total. The number of amides is 1. The lowest BCUT2D eigenvalue weighted by atomic mass is 9.94. The zero-order chi connectivity index (χ0) is 25.2. The SMILES string of the molecule is C[C@@](O)(CN1CCN(c2ccc(C(N)=O)cc2Cl)[C@H](c2ccc(Cl)cc2)C1)c1ccc(CO)nc1. The lowest BCUT2D eigenvalue weighted by Crippen LogP contribution is -2.52. The molecule has 1 amide bonds. The van der Waals surface area contributed by atoms with Gasteiger partial charge in [0.1, 0.15) is 5.60 Å². The Balaban J connectivity index is 1.60. The number of carbonyl (C=O) groups is 1. The number of nitrogens with two attached hydrogens (primary N) is 1. The van der Waals surface area contributed by atoms with Crippen LogP contribution in [0.1, 0.15) is 40.1 Å². The fraction of sp³-hybridized carbons (Fsp3) is 0.308. The zero-order valence-corrected chi connectivity index (χ0v) is 20.9. The normalized spacial score (nSPS) is 18.3. The number of hydrogen-bond donors (Lipinski definition) is 3. The van der Waals surface area contributed by atoms with Gasteiger partial charge in [-0.15, -0.1) is 0 Å². The van der Waals surface area contributed by atoms with Gasteiger partial charge in [-0.25, -0.2) is 0 Å². The maximum Gasteiger partial charge on any atom is 0.248 e. The predicted octanol–water partition coefficient (Wildman–Crippen LogP) is 3.75. The molecule has 0 bridgehead atoms. The molecule has 1 saturated heterocycles. The Morgan fingerprint density at radius 1 is 1.14 bits per heavy atom. The van der Waals surface area contributed by atoms with E-state index >= 15 is 0 Å². The first-order valence-corrected chi connectivity index (χ1v) is 12.1. The van der Waals surface area contributed by atoms with Crippen LogP contribution in [0.4, 0.5) is 5.69 Å². The number of β-amino-alcohol motifs (C(OH)–C–C–N with tert-alkyl or cyclic N) is 1. The van der Waals surface area contributed by atoms with Gasteiger partial charge in [-0.2, -0.15) is 0 Å². The first-order chi connectivity index (χ1) is 16.7. The summed E-state index contributed by atoms with van der Waals surface area (Å²) in [6, 6.07) is 16.2. The van der Waals surface area contributed by atoms with Gasteiger partial charge in [-0.05, 0) is 48.9 Å². The monoisotopic (exact) mass is 514 g/mol. The molecule has 3 aromatic rings.